The summed E-state index contributed by atoms with van der Waals surface area (Å²) in [6.45, 7) is 9.00. The largest absolute Gasteiger partial charge is 0.355 e. The maximum atomic E-state index is 11.7. The molecule has 27 heavy (non-hydrogen) atoms. The van der Waals surface area contributed by atoms with Crippen LogP contribution in [0.15, 0.2) is 28.1 Å². The van der Waals surface area contributed by atoms with E-state index in [-0.39, 0.29) is 24.0 Å². The minimum absolute atomic E-state index is 0. The number of hydrogen-bond acceptors (Lipinski definition) is 4. The first-order valence-corrected chi connectivity index (χ1v) is 11.1. The molecular formula is C19H33IN4O2S. The second-order valence-corrected chi connectivity index (χ2v) is 9.23. The molecule has 0 atom stereocenters. The van der Waals surface area contributed by atoms with Gasteiger partial charge in [-0.25, -0.2) is 8.42 Å². The zero-order valence-corrected chi connectivity index (χ0v) is 19.9. The average Bonchev–Trinajstić information content (AvgIpc) is 2.58. The normalized spacial score (nSPS) is 16.7. The molecule has 0 spiro atoms. The zero-order chi connectivity index (χ0) is 19.2. The van der Waals surface area contributed by atoms with E-state index in [1.807, 2.05) is 19.1 Å². The first-order chi connectivity index (χ1) is 12.3. The van der Waals surface area contributed by atoms with E-state index in [0.29, 0.717) is 11.4 Å². The summed E-state index contributed by atoms with van der Waals surface area (Å²) in [5.41, 5.74) is 1.80. The number of guanidine groups is 1. The fourth-order valence-electron chi connectivity index (χ4n) is 3.26. The number of nitrogens with one attached hydrogen (secondary N) is 2. The molecule has 6 nitrogen and oxygen atoms in total. The summed E-state index contributed by atoms with van der Waals surface area (Å²) in [5.74, 6) is 1.62. The Balaban J connectivity index is 0.00000364. The van der Waals surface area contributed by atoms with Gasteiger partial charge >= 0.3 is 0 Å². The van der Waals surface area contributed by atoms with Gasteiger partial charge in [0, 0.05) is 32.9 Å². The monoisotopic (exact) mass is 508 g/mol. The van der Waals surface area contributed by atoms with E-state index in [0.717, 1.165) is 36.1 Å². The molecule has 154 valence electrons. The van der Waals surface area contributed by atoms with Gasteiger partial charge in [0.2, 0.25) is 0 Å². The third-order valence-electron chi connectivity index (χ3n) is 4.92. The van der Waals surface area contributed by atoms with Gasteiger partial charge in [0.1, 0.15) is 0 Å². The van der Waals surface area contributed by atoms with Gasteiger partial charge in [0.15, 0.2) is 15.8 Å². The SMILES string of the molecule is CN=C(NCCN1CCC(C)CC1)NCc1ccc(S(C)(=O)=O)c(C)c1.I. The second kappa shape index (κ2) is 11.2. The molecule has 1 aliphatic heterocycles. The van der Waals surface area contributed by atoms with Crippen LogP contribution < -0.4 is 10.6 Å². The van der Waals surface area contributed by atoms with Gasteiger partial charge in [0.25, 0.3) is 0 Å². The smallest absolute Gasteiger partial charge is 0.191 e. The molecule has 1 aliphatic rings. The molecule has 1 fully saturated rings. The lowest BCUT2D eigenvalue weighted by molar-refractivity contribution is 0.195. The Bertz CT molecular complexity index is 729. The lowest BCUT2D eigenvalue weighted by Crippen LogP contribution is -2.43. The number of aryl methyl sites for hydroxylation is 1. The van der Waals surface area contributed by atoms with E-state index >= 15 is 0 Å². The van der Waals surface area contributed by atoms with Crippen molar-refractivity contribution in [3.63, 3.8) is 0 Å². The van der Waals surface area contributed by atoms with Crippen molar-refractivity contribution in [2.24, 2.45) is 10.9 Å². The molecule has 1 heterocycles. The molecule has 0 amide bonds. The van der Waals surface area contributed by atoms with Crippen LogP contribution >= 0.6 is 24.0 Å². The van der Waals surface area contributed by atoms with Crippen molar-refractivity contribution in [3.8, 4) is 0 Å². The van der Waals surface area contributed by atoms with Crippen molar-refractivity contribution in [1.82, 2.24) is 15.5 Å². The highest BCUT2D eigenvalue weighted by molar-refractivity contribution is 14.0. The van der Waals surface area contributed by atoms with Crippen molar-refractivity contribution in [2.45, 2.75) is 38.1 Å². The van der Waals surface area contributed by atoms with Gasteiger partial charge < -0.3 is 15.5 Å². The molecule has 0 radical (unpaired) electrons. The molecule has 0 aromatic heterocycles. The molecule has 1 saturated heterocycles. The van der Waals surface area contributed by atoms with Crippen LogP contribution in [0.5, 0.6) is 0 Å². The number of rotatable bonds is 6. The minimum atomic E-state index is -3.17. The zero-order valence-electron chi connectivity index (χ0n) is 16.8. The van der Waals surface area contributed by atoms with E-state index in [4.69, 9.17) is 0 Å². The Morgan fingerprint density at radius 2 is 1.93 bits per heavy atom. The Morgan fingerprint density at radius 3 is 2.48 bits per heavy atom. The Labute approximate surface area is 181 Å². The van der Waals surface area contributed by atoms with Crippen LogP contribution in [0, 0.1) is 12.8 Å². The molecule has 2 rings (SSSR count). The summed E-state index contributed by atoms with van der Waals surface area (Å²) in [7, 11) is -1.41. The quantitative estimate of drug-likeness (QED) is 0.351. The van der Waals surface area contributed by atoms with Crippen molar-refractivity contribution in [1.29, 1.82) is 0 Å². The van der Waals surface area contributed by atoms with Crippen LogP contribution in [-0.4, -0.2) is 58.8 Å². The van der Waals surface area contributed by atoms with Gasteiger partial charge in [-0.05, 0) is 56.0 Å². The van der Waals surface area contributed by atoms with Gasteiger partial charge in [-0.3, -0.25) is 4.99 Å². The Hall–Kier alpha value is -0.870. The molecule has 0 aliphatic carbocycles. The number of hydrogen-bond donors (Lipinski definition) is 2. The van der Waals surface area contributed by atoms with Crippen molar-refractivity contribution >= 4 is 39.8 Å². The van der Waals surface area contributed by atoms with Gasteiger partial charge in [-0.15, -0.1) is 24.0 Å². The highest BCUT2D eigenvalue weighted by atomic mass is 127. The van der Waals surface area contributed by atoms with Gasteiger partial charge in [-0.1, -0.05) is 19.1 Å². The summed E-state index contributed by atoms with van der Waals surface area (Å²) in [5, 5.41) is 6.64. The first kappa shape index (κ1) is 24.2. The van der Waals surface area contributed by atoms with E-state index in [1.54, 1.807) is 13.1 Å². The number of piperidine rings is 1. The van der Waals surface area contributed by atoms with Crippen molar-refractivity contribution in [2.75, 3.05) is 39.5 Å². The molecule has 1 aromatic carbocycles. The number of benzene rings is 1. The van der Waals surface area contributed by atoms with Gasteiger partial charge in [0.05, 0.1) is 4.90 Å². The molecule has 1 aromatic rings. The van der Waals surface area contributed by atoms with Crippen LogP contribution in [0.25, 0.3) is 0 Å². The molecule has 0 bridgehead atoms. The van der Waals surface area contributed by atoms with Crippen LogP contribution in [0.3, 0.4) is 0 Å². The summed E-state index contributed by atoms with van der Waals surface area (Å²) in [4.78, 5) is 7.14. The molecule has 8 heteroatoms. The van der Waals surface area contributed by atoms with Crippen LogP contribution in [0.2, 0.25) is 0 Å². The number of halogens is 1. The van der Waals surface area contributed by atoms with E-state index in [2.05, 4.69) is 27.4 Å². The molecule has 0 unspecified atom stereocenters. The Morgan fingerprint density at radius 1 is 1.26 bits per heavy atom. The summed E-state index contributed by atoms with van der Waals surface area (Å²) < 4.78 is 23.4. The Kier molecular flexibility index (Phi) is 10.0. The number of sulfone groups is 1. The number of likely N-dealkylation sites (tertiary alicyclic amines) is 1. The van der Waals surface area contributed by atoms with E-state index in [9.17, 15) is 8.42 Å². The highest BCUT2D eigenvalue weighted by Gasteiger charge is 2.15. The predicted octanol–water partition coefficient (Wildman–Crippen LogP) is 2.41. The van der Waals surface area contributed by atoms with Crippen LogP contribution in [0.4, 0.5) is 0 Å². The fourth-order valence-corrected chi connectivity index (χ4v) is 4.22. The van der Waals surface area contributed by atoms with Crippen LogP contribution in [-0.2, 0) is 16.4 Å². The predicted molar refractivity (Wildman–Crippen MR) is 123 cm³/mol. The summed E-state index contributed by atoms with van der Waals surface area (Å²) in [6, 6.07) is 5.43. The average molecular weight is 508 g/mol. The lowest BCUT2D eigenvalue weighted by Gasteiger charge is -2.30. The van der Waals surface area contributed by atoms with Crippen molar-refractivity contribution in [3.05, 3.63) is 29.3 Å². The maximum absolute atomic E-state index is 11.7. The topological polar surface area (TPSA) is 73.8 Å². The standard InChI is InChI=1S/C19H32N4O2S.HI/c1-15-7-10-23(11-8-15)12-9-21-19(20-3)22-14-17-5-6-18(16(2)13-17)26(4,24)25;/h5-6,13,15H,7-12,14H2,1-4H3,(H2,20,21,22);1H. The summed E-state index contributed by atoms with van der Waals surface area (Å²) in [6.07, 6.45) is 3.81. The number of aliphatic imine (C=N–C) groups is 1. The fraction of sp³-hybridized carbons (Fsp3) is 0.632. The first-order valence-electron chi connectivity index (χ1n) is 9.26. The van der Waals surface area contributed by atoms with E-state index in [1.165, 1.54) is 32.2 Å². The third kappa shape index (κ3) is 7.95. The molecular weight excluding hydrogens is 475 g/mol. The van der Waals surface area contributed by atoms with E-state index < -0.39 is 9.84 Å². The molecule has 0 saturated carbocycles. The second-order valence-electron chi connectivity index (χ2n) is 7.25. The number of nitrogens with zero attached hydrogens (tertiary/aromatic N) is 2. The highest BCUT2D eigenvalue weighted by Crippen LogP contribution is 2.17. The van der Waals surface area contributed by atoms with Crippen molar-refractivity contribution < 1.29 is 8.42 Å². The maximum Gasteiger partial charge on any atom is 0.191 e. The van der Waals surface area contributed by atoms with Gasteiger partial charge in [-0.2, -0.15) is 0 Å². The lowest BCUT2D eigenvalue weighted by atomic mass is 9.99. The summed E-state index contributed by atoms with van der Waals surface area (Å²) >= 11 is 0. The molecule has 2 N–H and O–H groups in total. The third-order valence-corrected chi connectivity index (χ3v) is 6.18. The van der Waals surface area contributed by atoms with Crippen LogP contribution in [0.1, 0.15) is 30.9 Å². The minimum Gasteiger partial charge on any atom is -0.355 e.